The molecular formula is C24H20FN7O2. The van der Waals surface area contributed by atoms with Gasteiger partial charge in [-0.2, -0.15) is 10.1 Å². The molecule has 4 aromatic heterocycles. The normalized spacial score (nSPS) is 17.3. The molecule has 1 aromatic carbocycles. The number of anilines is 1. The topological polar surface area (TPSA) is 103 Å². The summed E-state index contributed by atoms with van der Waals surface area (Å²) in [6.07, 6.45) is 4.76. The number of hydrogen-bond donors (Lipinski definition) is 1. The summed E-state index contributed by atoms with van der Waals surface area (Å²) in [4.78, 5) is 21.9. The summed E-state index contributed by atoms with van der Waals surface area (Å²) < 4.78 is 22.0. The number of hydrogen-bond acceptors (Lipinski definition) is 6. The molecule has 0 unspecified atom stereocenters. The molecule has 1 aliphatic carbocycles. The summed E-state index contributed by atoms with van der Waals surface area (Å²) in [5.74, 6) is 0.0532. The second-order valence-corrected chi connectivity index (χ2v) is 8.46. The van der Waals surface area contributed by atoms with Crippen molar-refractivity contribution < 1.29 is 13.7 Å². The number of halogens is 1. The van der Waals surface area contributed by atoms with Gasteiger partial charge in [0.15, 0.2) is 0 Å². The Balaban J connectivity index is 1.29. The number of imidazole rings is 1. The third kappa shape index (κ3) is 3.53. The fourth-order valence-electron chi connectivity index (χ4n) is 3.87. The van der Waals surface area contributed by atoms with Gasteiger partial charge in [-0.05, 0) is 43.2 Å². The molecule has 10 heteroatoms. The molecule has 170 valence electrons. The summed E-state index contributed by atoms with van der Waals surface area (Å²) in [6.45, 7) is 1.90. The molecule has 1 N–H and O–H groups in total. The maximum absolute atomic E-state index is 13.3. The Morgan fingerprint density at radius 3 is 2.79 bits per heavy atom. The van der Waals surface area contributed by atoms with Gasteiger partial charge < -0.3 is 9.84 Å². The molecule has 0 spiro atoms. The van der Waals surface area contributed by atoms with Crippen LogP contribution in [0.15, 0.2) is 59.5 Å². The van der Waals surface area contributed by atoms with E-state index >= 15 is 0 Å². The number of pyridine rings is 1. The van der Waals surface area contributed by atoms with Crippen molar-refractivity contribution in [1.82, 2.24) is 29.3 Å². The number of aromatic nitrogens is 6. The number of carbonyl (C=O) groups is 1. The lowest BCUT2D eigenvalue weighted by Crippen LogP contribution is -2.15. The Labute approximate surface area is 193 Å². The van der Waals surface area contributed by atoms with Crippen LogP contribution in [0.1, 0.15) is 34.3 Å². The average molecular weight is 457 g/mol. The first-order valence-electron chi connectivity index (χ1n) is 10.8. The van der Waals surface area contributed by atoms with Crippen LogP contribution in [0.25, 0.3) is 28.3 Å². The van der Waals surface area contributed by atoms with Crippen LogP contribution in [0.3, 0.4) is 0 Å². The maximum atomic E-state index is 13.3. The molecule has 1 saturated carbocycles. The molecule has 5 aromatic rings. The molecule has 1 fully saturated rings. The SMILES string of the molecule is Cc1ccc(-c2noc([C@H]3C[C@@H]3F)n2)cc1NC(=O)c1cnc2ccc(-c3ccn(C)n3)cn12. The Morgan fingerprint density at radius 2 is 2.03 bits per heavy atom. The van der Waals surface area contributed by atoms with E-state index < -0.39 is 6.17 Å². The van der Waals surface area contributed by atoms with Crippen LogP contribution in [0.2, 0.25) is 0 Å². The van der Waals surface area contributed by atoms with Crippen LogP contribution in [0.5, 0.6) is 0 Å². The highest BCUT2D eigenvalue weighted by Crippen LogP contribution is 2.43. The Morgan fingerprint density at radius 1 is 1.21 bits per heavy atom. The highest BCUT2D eigenvalue weighted by molar-refractivity contribution is 6.04. The summed E-state index contributed by atoms with van der Waals surface area (Å²) in [5.41, 5.74) is 4.87. The number of nitrogens with one attached hydrogen (secondary N) is 1. The van der Waals surface area contributed by atoms with Crippen molar-refractivity contribution in [3.05, 3.63) is 72.1 Å². The van der Waals surface area contributed by atoms with E-state index in [0.29, 0.717) is 40.7 Å². The van der Waals surface area contributed by atoms with Crippen molar-refractivity contribution in [2.24, 2.45) is 7.05 Å². The van der Waals surface area contributed by atoms with E-state index in [0.717, 1.165) is 16.8 Å². The quantitative estimate of drug-likeness (QED) is 0.425. The van der Waals surface area contributed by atoms with Crippen molar-refractivity contribution in [1.29, 1.82) is 0 Å². The first-order valence-corrected chi connectivity index (χ1v) is 10.8. The Hall–Kier alpha value is -4.34. The molecular weight excluding hydrogens is 437 g/mol. The van der Waals surface area contributed by atoms with Gasteiger partial charge in [-0.1, -0.05) is 17.3 Å². The van der Waals surface area contributed by atoms with Gasteiger partial charge in [0.05, 0.1) is 17.8 Å². The van der Waals surface area contributed by atoms with E-state index in [4.69, 9.17) is 4.52 Å². The minimum Gasteiger partial charge on any atom is -0.339 e. The minimum atomic E-state index is -0.912. The fourth-order valence-corrected chi connectivity index (χ4v) is 3.87. The van der Waals surface area contributed by atoms with E-state index in [9.17, 15) is 9.18 Å². The third-order valence-corrected chi connectivity index (χ3v) is 5.96. The van der Waals surface area contributed by atoms with Gasteiger partial charge in [0.25, 0.3) is 5.91 Å². The van der Waals surface area contributed by atoms with Gasteiger partial charge in [-0.25, -0.2) is 9.37 Å². The fraction of sp³-hybridized carbons (Fsp3) is 0.208. The summed E-state index contributed by atoms with van der Waals surface area (Å²) >= 11 is 0. The maximum Gasteiger partial charge on any atom is 0.274 e. The number of amides is 1. The zero-order valence-electron chi connectivity index (χ0n) is 18.4. The number of rotatable bonds is 5. The average Bonchev–Trinajstić information content (AvgIpc) is 3.25. The predicted molar refractivity (Wildman–Crippen MR) is 122 cm³/mol. The Bertz CT molecular complexity index is 1550. The van der Waals surface area contributed by atoms with E-state index in [1.165, 1.54) is 0 Å². The lowest BCUT2D eigenvalue weighted by Gasteiger charge is -2.10. The van der Waals surface area contributed by atoms with Crippen LogP contribution < -0.4 is 5.32 Å². The third-order valence-electron chi connectivity index (χ3n) is 5.96. The predicted octanol–water partition coefficient (Wildman–Crippen LogP) is 4.17. The van der Waals surface area contributed by atoms with E-state index in [1.807, 2.05) is 56.7 Å². The molecule has 0 bridgehead atoms. The molecule has 6 rings (SSSR count). The van der Waals surface area contributed by atoms with E-state index in [-0.39, 0.29) is 11.8 Å². The van der Waals surface area contributed by atoms with Crippen molar-refractivity contribution in [2.75, 3.05) is 5.32 Å². The van der Waals surface area contributed by atoms with Gasteiger partial charge >= 0.3 is 0 Å². The van der Waals surface area contributed by atoms with Gasteiger partial charge in [0, 0.05) is 36.3 Å². The minimum absolute atomic E-state index is 0.307. The van der Waals surface area contributed by atoms with Crippen LogP contribution in [0, 0.1) is 6.92 Å². The molecule has 9 nitrogen and oxygen atoms in total. The number of carbonyl (C=O) groups excluding carboxylic acids is 1. The zero-order chi connectivity index (χ0) is 23.4. The summed E-state index contributed by atoms with van der Waals surface area (Å²) in [7, 11) is 1.85. The second kappa shape index (κ2) is 7.62. The molecule has 0 radical (unpaired) electrons. The number of alkyl halides is 1. The Kier molecular flexibility index (Phi) is 4.54. The number of aryl methyl sites for hydroxylation is 2. The van der Waals surface area contributed by atoms with Crippen LogP contribution in [0.4, 0.5) is 10.1 Å². The monoisotopic (exact) mass is 457 g/mol. The van der Waals surface area contributed by atoms with Gasteiger partial charge in [0.2, 0.25) is 11.7 Å². The molecule has 4 heterocycles. The molecule has 1 aliphatic rings. The van der Waals surface area contributed by atoms with Crippen LogP contribution in [-0.2, 0) is 7.05 Å². The summed E-state index contributed by atoms with van der Waals surface area (Å²) in [5, 5.41) is 11.4. The lowest BCUT2D eigenvalue weighted by molar-refractivity contribution is 0.102. The number of fused-ring (bicyclic) bond motifs is 1. The van der Waals surface area contributed by atoms with Crippen molar-refractivity contribution in [2.45, 2.75) is 25.4 Å². The second-order valence-electron chi connectivity index (χ2n) is 8.46. The molecule has 1 amide bonds. The van der Waals surface area contributed by atoms with Crippen LogP contribution in [-0.4, -0.2) is 41.4 Å². The van der Waals surface area contributed by atoms with E-state index in [1.54, 1.807) is 21.3 Å². The lowest BCUT2D eigenvalue weighted by atomic mass is 10.1. The number of benzene rings is 1. The van der Waals surface area contributed by atoms with Crippen molar-refractivity contribution >= 4 is 17.2 Å². The van der Waals surface area contributed by atoms with Crippen LogP contribution >= 0.6 is 0 Å². The van der Waals surface area contributed by atoms with E-state index in [2.05, 4.69) is 25.5 Å². The molecule has 2 atom stereocenters. The van der Waals surface area contributed by atoms with Crippen molar-refractivity contribution in [3.8, 4) is 22.6 Å². The highest BCUT2D eigenvalue weighted by Gasteiger charge is 2.43. The first-order chi connectivity index (χ1) is 16.5. The van der Waals surface area contributed by atoms with Gasteiger partial charge in [-0.15, -0.1) is 0 Å². The molecule has 34 heavy (non-hydrogen) atoms. The zero-order valence-corrected chi connectivity index (χ0v) is 18.4. The smallest absolute Gasteiger partial charge is 0.274 e. The molecule has 0 saturated heterocycles. The van der Waals surface area contributed by atoms with Crippen molar-refractivity contribution in [3.63, 3.8) is 0 Å². The summed E-state index contributed by atoms with van der Waals surface area (Å²) in [6, 6.07) is 11.2. The first kappa shape index (κ1) is 20.3. The largest absolute Gasteiger partial charge is 0.339 e. The molecule has 0 aliphatic heterocycles. The standard InChI is InChI=1S/C24H20FN7O2/c1-13-3-4-14(22-28-24(34-30-22)16-10-17(16)25)9-19(13)27-23(33)20-11-26-21-6-5-15(12-32(20)21)18-7-8-31(2)29-18/h3-9,11-12,16-17H,10H2,1-2H3,(H,27,33)/t16-,17-/m0/s1. The van der Waals surface area contributed by atoms with Gasteiger partial charge in [-0.3, -0.25) is 13.9 Å². The van der Waals surface area contributed by atoms with Gasteiger partial charge in [0.1, 0.15) is 17.5 Å². The highest BCUT2D eigenvalue weighted by atomic mass is 19.1. The number of nitrogens with zero attached hydrogens (tertiary/aromatic N) is 6.